The first kappa shape index (κ1) is 19.6. The van der Waals surface area contributed by atoms with Gasteiger partial charge >= 0.3 is 0 Å². The molecule has 10 heteroatoms. The molecule has 0 bridgehead atoms. The Bertz CT molecular complexity index is 1180. The van der Waals surface area contributed by atoms with Gasteiger partial charge in [0, 0.05) is 42.8 Å². The molecule has 3 aromatic heterocycles. The van der Waals surface area contributed by atoms with Gasteiger partial charge in [-0.15, -0.1) is 15.3 Å². The van der Waals surface area contributed by atoms with Crippen molar-refractivity contribution in [1.82, 2.24) is 24.7 Å². The van der Waals surface area contributed by atoms with Crippen LogP contribution in [0.3, 0.4) is 0 Å². The lowest BCUT2D eigenvalue weighted by Gasteiger charge is -2.34. The molecule has 0 unspecified atom stereocenters. The molecule has 4 aromatic rings. The maximum Gasteiger partial charge on any atom is 0.238 e. The zero-order valence-electron chi connectivity index (χ0n) is 16.6. The molecule has 1 fully saturated rings. The average Bonchev–Trinajstić information content (AvgIpc) is 3.45. The molecule has 1 aliphatic rings. The van der Waals surface area contributed by atoms with Gasteiger partial charge in [-0.25, -0.2) is 4.39 Å². The number of rotatable bonds is 5. The van der Waals surface area contributed by atoms with Crippen LogP contribution < -0.4 is 10.2 Å². The minimum Gasteiger partial charge on any atom is -0.353 e. The highest BCUT2D eigenvalue weighted by atomic mass is 32.1. The van der Waals surface area contributed by atoms with E-state index in [0.717, 1.165) is 43.4 Å². The van der Waals surface area contributed by atoms with Crippen LogP contribution in [0.25, 0.3) is 17.0 Å². The van der Waals surface area contributed by atoms with Gasteiger partial charge < -0.3 is 10.2 Å². The van der Waals surface area contributed by atoms with Gasteiger partial charge in [-0.3, -0.25) is 9.69 Å². The standard InChI is InChI=1S/C21H20FN7OS/c22-16-1-3-17(4-2-16)23-20(30)13-27-8-10-28(11-9-27)19-6-5-18-24-25-21(29(18)26-19)15-7-12-31-14-15/h1-7,12,14H,8-11,13H2,(H,23,30). The largest absolute Gasteiger partial charge is 0.353 e. The molecule has 1 aromatic carbocycles. The predicted molar refractivity (Wildman–Crippen MR) is 118 cm³/mol. The number of anilines is 2. The van der Waals surface area contributed by atoms with Crippen molar-refractivity contribution in [2.24, 2.45) is 0 Å². The van der Waals surface area contributed by atoms with Gasteiger partial charge in [0.05, 0.1) is 6.54 Å². The Labute approximate surface area is 181 Å². The minimum atomic E-state index is -0.324. The molecule has 1 saturated heterocycles. The number of piperazine rings is 1. The van der Waals surface area contributed by atoms with Crippen molar-refractivity contribution in [3.63, 3.8) is 0 Å². The fourth-order valence-corrected chi connectivity index (χ4v) is 4.23. The highest BCUT2D eigenvalue weighted by Gasteiger charge is 2.21. The number of thiophene rings is 1. The van der Waals surface area contributed by atoms with Crippen molar-refractivity contribution >= 4 is 34.4 Å². The smallest absolute Gasteiger partial charge is 0.238 e. The van der Waals surface area contributed by atoms with Gasteiger partial charge in [-0.1, -0.05) is 0 Å². The van der Waals surface area contributed by atoms with Crippen molar-refractivity contribution in [3.05, 3.63) is 59.0 Å². The van der Waals surface area contributed by atoms with Crippen LogP contribution in [-0.4, -0.2) is 63.3 Å². The lowest BCUT2D eigenvalue weighted by atomic mass is 10.3. The Morgan fingerprint density at radius 3 is 2.58 bits per heavy atom. The number of fused-ring (bicyclic) bond motifs is 1. The molecular weight excluding hydrogens is 417 g/mol. The molecule has 31 heavy (non-hydrogen) atoms. The number of hydrogen-bond acceptors (Lipinski definition) is 7. The fraction of sp³-hybridized carbons (Fsp3) is 0.238. The van der Waals surface area contributed by atoms with E-state index in [-0.39, 0.29) is 11.7 Å². The number of benzene rings is 1. The molecule has 1 amide bonds. The average molecular weight is 438 g/mol. The Kier molecular flexibility index (Phi) is 5.31. The third kappa shape index (κ3) is 4.25. The third-order valence-corrected chi connectivity index (χ3v) is 5.90. The second-order valence-corrected chi connectivity index (χ2v) is 8.10. The van der Waals surface area contributed by atoms with E-state index in [0.29, 0.717) is 17.9 Å². The van der Waals surface area contributed by atoms with Gasteiger partial charge in [0.2, 0.25) is 5.91 Å². The summed E-state index contributed by atoms with van der Waals surface area (Å²) in [4.78, 5) is 16.6. The van der Waals surface area contributed by atoms with E-state index in [4.69, 9.17) is 5.10 Å². The third-order valence-electron chi connectivity index (χ3n) is 5.22. The lowest BCUT2D eigenvalue weighted by molar-refractivity contribution is -0.117. The Hall–Kier alpha value is -3.37. The molecule has 4 heterocycles. The van der Waals surface area contributed by atoms with Gasteiger partial charge in [0.25, 0.3) is 0 Å². The first-order chi connectivity index (χ1) is 15.2. The Morgan fingerprint density at radius 1 is 1.03 bits per heavy atom. The summed E-state index contributed by atoms with van der Waals surface area (Å²) in [5.41, 5.74) is 2.30. The second-order valence-electron chi connectivity index (χ2n) is 7.32. The zero-order chi connectivity index (χ0) is 21.2. The van der Waals surface area contributed by atoms with E-state index in [1.807, 2.05) is 29.0 Å². The maximum atomic E-state index is 13.0. The van der Waals surface area contributed by atoms with Crippen molar-refractivity contribution in [1.29, 1.82) is 0 Å². The van der Waals surface area contributed by atoms with E-state index < -0.39 is 0 Å². The number of aromatic nitrogens is 4. The van der Waals surface area contributed by atoms with Crippen molar-refractivity contribution < 1.29 is 9.18 Å². The van der Waals surface area contributed by atoms with E-state index in [9.17, 15) is 9.18 Å². The minimum absolute atomic E-state index is 0.107. The van der Waals surface area contributed by atoms with Crippen molar-refractivity contribution in [2.45, 2.75) is 0 Å². The summed E-state index contributed by atoms with van der Waals surface area (Å²) in [6.07, 6.45) is 0. The SMILES string of the molecule is O=C(CN1CCN(c2ccc3nnc(-c4ccsc4)n3n2)CC1)Nc1ccc(F)cc1. The molecule has 0 aliphatic carbocycles. The van der Waals surface area contributed by atoms with Crippen LogP contribution in [0, 0.1) is 5.82 Å². The van der Waals surface area contributed by atoms with Crippen molar-refractivity contribution in [2.75, 3.05) is 42.9 Å². The summed E-state index contributed by atoms with van der Waals surface area (Å²) in [5.74, 6) is 1.16. The summed E-state index contributed by atoms with van der Waals surface area (Å²) in [6.45, 7) is 3.31. The summed E-state index contributed by atoms with van der Waals surface area (Å²) in [7, 11) is 0. The molecule has 0 saturated carbocycles. The molecule has 1 aliphatic heterocycles. The molecular formula is C21H20FN7OS. The van der Waals surface area contributed by atoms with E-state index in [2.05, 4.69) is 25.3 Å². The fourth-order valence-electron chi connectivity index (χ4n) is 3.59. The van der Waals surface area contributed by atoms with Crippen molar-refractivity contribution in [3.8, 4) is 11.4 Å². The predicted octanol–water partition coefficient (Wildman–Crippen LogP) is 2.75. The zero-order valence-corrected chi connectivity index (χ0v) is 17.4. The number of carbonyl (C=O) groups excluding carboxylic acids is 1. The quantitative estimate of drug-likeness (QED) is 0.517. The topological polar surface area (TPSA) is 78.7 Å². The van der Waals surface area contributed by atoms with Gasteiger partial charge in [0.1, 0.15) is 11.6 Å². The highest BCUT2D eigenvalue weighted by molar-refractivity contribution is 7.08. The molecule has 5 rings (SSSR count). The molecule has 0 radical (unpaired) electrons. The number of halogens is 1. The lowest BCUT2D eigenvalue weighted by Crippen LogP contribution is -2.49. The summed E-state index contributed by atoms with van der Waals surface area (Å²) < 4.78 is 14.8. The molecule has 0 atom stereocenters. The summed E-state index contributed by atoms with van der Waals surface area (Å²) >= 11 is 1.61. The Morgan fingerprint density at radius 2 is 1.84 bits per heavy atom. The Balaban J connectivity index is 1.21. The van der Waals surface area contributed by atoms with Crippen LogP contribution in [-0.2, 0) is 4.79 Å². The maximum absolute atomic E-state index is 13.0. The normalized spacial score (nSPS) is 14.8. The first-order valence-electron chi connectivity index (χ1n) is 9.93. The monoisotopic (exact) mass is 437 g/mol. The van der Waals surface area contributed by atoms with Gasteiger partial charge in [0.15, 0.2) is 11.5 Å². The van der Waals surface area contributed by atoms with Gasteiger partial charge in [-0.2, -0.15) is 15.9 Å². The summed E-state index contributed by atoms with van der Waals surface area (Å²) in [5, 5.41) is 20.1. The van der Waals surface area contributed by atoms with Crippen LogP contribution in [0.2, 0.25) is 0 Å². The molecule has 8 nitrogen and oxygen atoms in total. The van der Waals surface area contributed by atoms with E-state index >= 15 is 0 Å². The van der Waals surface area contributed by atoms with E-state index in [1.165, 1.54) is 12.1 Å². The molecule has 1 N–H and O–H groups in total. The van der Waals surface area contributed by atoms with E-state index in [1.54, 1.807) is 28.0 Å². The van der Waals surface area contributed by atoms with Gasteiger partial charge in [-0.05, 0) is 47.8 Å². The van der Waals surface area contributed by atoms with Crippen LogP contribution in [0.4, 0.5) is 15.9 Å². The number of carbonyl (C=O) groups is 1. The van der Waals surface area contributed by atoms with Crippen LogP contribution >= 0.6 is 11.3 Å². The van der Waals surface area contributed by atoms with Crippen LogP contribution in [0.1, 0.15) is 0 Å². The highest BCUT2D eigenvalue weighted by Crippen LogP contribution is 2.22. The van der Waals surface area contributed by atoms with Crippen LogP contribution in [0.5, 0.6) is 0 Å². The number of hydrogen-bond donors (Lipinski definition) is 1. The number of nitrogens with zero attached hydrogens (tertiary/aromatic N) is 6. The second kappa shape index (κ2) is 8.40. The number of amides is 1. The first-order valence-corrected chi connectivity index (χ1v) is 10.9. The van der Waals surface area contributed by atoms with Crippen LogP contribution in [0.15, 0.2) is 53.2 Å². The number of nitrogens with one attached hydrogen (secondary N) is 1. The summed E-state index contributed by atoms with van der Waals surface area (Å²) in [6, 6.07) is 11.7. The molecule has 0 spiro atoms. The molecule has 158 valence electrons.